The molecule has 0 aliphatic rings. The Morgan fingerprint density at radius 3 is 1.40 bits per heavy atom. The van der Waals surface area contributed by atoms with Crippen molar-refractivity contribution in [3.8, 4) is 0 Å². The summed E-state index contributed by atoms with van der Waals surface area (Å²) in [6.07, 6.45) is 0. The second-order valence-corrected chi connectivity index (χ2v) is 11.0. The van der Waals surface area contributed by atoms with Crippen molar-refractivity contribution < 1.29 is 0 Å². The van der Waals surface area contributed by atoms with Crippen LogP contribution in [0.5, 0.6) is 0 Å². The Morgan fingerprint density at radius 1 is 0.733 bits per heavy atom. The quantitative estimate of drug-likeness (QED) is 0.722. The zero-order valence-corrected chi connectivity index (χ0v) is 10.8. The molecule has 0 radical (unpaired) electrons. The van der Waals surface area contributed by atoms with Gasteiger partial charge in [-0.3, -0.25) is 0 Å². The van der Waals surface area contributed by atoms with Gasteiger partial charge in [0.1, 0.15) is 0 Å². The van der Waals surface area contributed by atoms with Crippen LogP contribution in [0.1, 0.15) is 0 Å². The fraction of sp³-hybridized carbons (Fsp3) is 0.0714. The fourth-order valence-corrected chi connectivity index (χ4v) is 5.77. The van der Waals surface area contributed by atoms with E-state index in [-0.39, 0.29) is 0 Å². The molecule has 0 unspecified atom stereocenters. The van der Waals surface area contributed by atoms with Crippen LogP contribution in [0, 0.1) is 0 Å². The third kappa shape index (κ3) is 2.11. The minimum atomic E-state index is -2.07. The summed E-state index contributed by atoms with van der Waals surface area (Å²) >= 11 is -2.07. The van der Waals surface area contributed by atoms with Gasteiger partial charge in [-0.1, -0.05) is 0 Å². The summed E-state index contributed by atoms with van der Waals surface area (Å²) in [7, 11) is 0. The third-order valence-corrected chi connectivity index (χ3v) is 8.69. The van der Waals surface area contributed by atoms with Crippen LogP contribution >= 0.6 is 0 Å². The van der Waals surface area contributed by atoms with E-state index in [0.29, 0.717) is 0 Å². The predicted octanol–water partition coefficient (Wildman–Crippen LogP) is 1.89. The van der Waals surface area contributed by atoms with Crippen LogP contribution < -0.4 is 8.70 Å². The van der Waals surface area contributed by atoms with Gasteiger partial charge in [-0.15, -0.1) is 0 Å². The van der Waals surface area contributed by atoms with Gasteiger partial charge in [-0.2, -0.15) is 0 Å². The van der Waals surface area contributed by atoms with Gasteiger partial charge < -0.3 is 0 Å². The molecule has 0 N–H and O–H groups in total. The first-order valence-corrected chi connectivity index (χ1v) is 10.1. The maximum atomic E-state index is 4.48. The Balaban J connectivity index is 2.50. The van der Waals surface area contributed by atoms with Crippen LogP contribution in [-0.2, 0) is 0 Å². The molecule has 0 nitrogen and oxygen atoms in total. The molecule has 1 heteroatoms. The predicted molar refractivity (Wildman–Crippen MR) is 70.9 cm³/mol. The molecule has 0 aliphatic heterocycles. The van der Waals surface area contributed by atoms with Crippen molar-refractivity contribution in [3.05, 3.63) is 60.7 Å². The molecular weight excluding hydrogens is 243 g/mol. The molecule has 2 aromatic carbocycles. The molecule has 0 bridgehead atoms. The van der Waals surface area contributed by atoms with Crippen LogP contribution in [0.25, 0.3) is 0 Å². The van der Waals surface area contributed by atoms with Crippen molar-refractivity contribution in [1.82, 2.24) is 0 Å². The molecule has 2 rings (SSSR count). The molecule has 15 heavy (non-hydrogen) atoms. The van der Waals surface area contributed by atoms with Gasteiger partial charge in [0.15, 0.2) is 0 Å². The summed E-state index contributed by atoms with van der Waals surface area (Å²) < 4.78 is 2.84. The standard InChI is InChI=1S/C14H15As/c1-15(2,13-9-5-3-6-10-13)14-11-7-4-8-12-14/h3-12H,1H2,2H3. The SMILES string of the molecule is C=[As](C)(c1ccccc1)c1ccccc1. The van der Waals surface area contributed by atoms with Gasteiger partial charge in [0.2, 0.25) is 0 Å². The second-order valence-electron chi connectivity index (χ2n) is 3.86. The van der Waals surface area contributed by atoms with Gasteiger partial charge in [0.25, 0.3) is 0 Å². The molecule has 0 saturated carbocycles. The number of benzene rings is 2. The van der Waals surface area contributed by atoms with E-state index >= 15 is 0 Å². The normalized spacial score (nSPS) is 11.3. The number of hydrogen-bond acceptors (Lipinski definition) is 0. The molecule has 0 aromatic heterocycles. The van der Waals surface area contributed by atoms with Crippen LogP contribution in [0.3, 0.4) is 0 Å². The molecule has 0 amide bonds. The fourth-order valence-electron chi connectivity index (χ4n) is 1.66. The summed E-state index contributed by atoms with van der Waals surface area (Å²) in [5.41, 5.74) is 2.32. The van der Waals surface area contributed by atoms with Crippen LogP contribution in [0.4, 0.5) is 0 Å². The molecule has 0 atom stereocenters. The molecule has 0 spiro atoms. The Hall–Kier alpha value is -1.13. The third-order valence-electron chi connectivity index (χ3n) is 2.65. The van der Waals surface area contributed by atoms with Crippen LogP contribution in [-0.4, -0.2) is 18.4 Å². The molecule has 0 saturated heterocycles. The van der Waals surface area contributed by atoms with Crippen LogP contribution in [0.15, 0.2) is 60.7 Å². The van der Waals surface area contributed by atoms with Crippen molar-refractivity contribution >= 4 is 27.1 Å². The van der Waals surface area contributed by atoms with Gasteiger partial charge in [0.05, 0.1) is 0 Å². The summed E-state index contributed by atoms with van der Waals surface area (Å²) in [6, 6.07) is 21.3. The molecule has 0 aliphatic carbocycles. The molecule has 0 fully saturated rings. The zero-order valence-electron chi connectivity index (χ0n) is 8.93. The summed E-state index contributed by atoms with van der Waals surface area (Å²) in [5, 5.41) is 4.48. The van der Waals surface area contributed by atoms with Crippen molar-refractivity contribution in [3.63, 3.8) is 0 Å². The summed E-state index contributed by atoms with van der Waals surface area (Å²) in [6.45, 7) is 0. The van der Waals surface area contributed by atoms with Gasteiger partial charge in [0, 0.05) is 0 Å². The van der Waals surface area contributed by atoms with E-state index in [1.807, 2.05) is 0 Å². The van der Waals surface area contributed by atoms with Crippen molar-refractivity contribution in [2.45, 2.75) is 5.71 Å². The first-order valence-electron chi connectivity index (χ1n) is 5.03. The molecule has 2 aromatic rings. The molecule has 76 valence electrons. The zero-order chi connectivity index (χ0) is 10.7. The van der Waals surface area contributed by atoms with E-state index in [4.69, 9.17) is 0 Å². The topological polar surface area (TPSA) is 0 Å². The van der Waals surface area contributed by atoms with Crippen LogP contribution in [0.2, 0.25) is 5.71 Å². The van der Waals surface area contributed by atoms with E-state index in [2.05, 4.69) is 71.7 Å². The Labute approximate surface area is 93.6 Å². The Kier molecular flexibility index (Phi) is 2.88. The Bertz CT molecular complexity index is 428. The first-order chi connectivity index (χ1) is 7.21. The van der Waals surface area contributed by atoms with Crippen molar-refractivity contribution in [2.75, 3.05) is 0 Å². The minimum absolute atomic E-state index is 1.42. The number of hydrogen-bond donors (Lipinski definition) is 0. The molecular formula is C14H15As. The van der Waals surface area contributed by atoms with Gasteiger partial charge in [-0.25, -0.2) is 0 Å². The average Bonchev–Trinajstić information content (AvgIpc) is 2.31. The average molecular weight is 258 g/mol. The van der Waals surface area contributed by atoms with Crippen molar-refractivity contribution in [2.24, 2.45) is 0 Å². The van der Waals surface area contributed by atoms with Gasteiger partial charge >= 0.3 is 93.5 Å². The second kappa shape index (κ2) is 4.16. The van der Waals surface area contributed by atoms with E-state index in [9.17, 15) is 0 Å². The summed E-state index contributed by atoms with van der Waals surface area (Å²) in [4.78, 5) is 0. The van der Waals surface area contributed by atoms with Crippen molar-refractivity contribution in [1.29, 1.82) is 0 Å². The first kappa shape index (κ1) is 10.4. The van der Waals surface area contributed by atoms with E-state index in [1.165, 1.54) is 8.70 Å². The Morgan fingerprint density at radius 2 is 1.07 bits per heavy atom. The molecule has 0 heterocycles. The maximum absolute atomic E-state index is 4.48. The number of rotatable bonds is 2. The van der Waals surface area contributed by atoms with E-state index in [0.717, 1.165) is 0 Å². The summed E-state index contributed by atoms with van der Waals surface area (Å²) in [5.74, 6) is 0. The monoisotopic (exact) mass is 258 g/mol. The van der Waals surface area contributed by atoms with Gasteiger partial charge in [-0.05, 0) is 0 Å². The van der Waals surface area contributed by atoms with E-state index in [1.54, 1.807) is 0 Å². The van der Waals surface area contributed by atoms with E-state index < -0.39 is 13.1 Å².